The SMILES string of the molecule is CC(=O)O[C@@H]1[C@@H]([C@@]2(C)CC[C@H](C)C[C@@H]2CCO)CC[C@@]2(C)[C@H]1CCC21OCCO1.CC(=O)O[C@@H]1[C@@H]([C@@]2(C)CC[C@H](C)C[C@@H]2CCOCS)CC[C@@]2(C)[C@H]1CCC21OCCO1.CC(=O)O[C@@H]1[C@@H]([C@@]2(C)CC[C@H](C)C[C@@H]2CCn2cncn2)CC[C@@]2(C)[C@H]1CCC21OCCO1.CC(=O)O[C@@H]1[C@@H]([C@@]2(C)CC[C@H](O)C[C@@H]2CCn2cncn2)CC[C@@]2(C)[C@H]1CCC21OCCO1. The van der Waals surface area contributed by atoms with Gasteiger partial charge in [-0.2, -0.15) is 22.8 Å². The van der Waals surface area contributed by atoms with Crippen LogP contribution in [0.3, 0.4) is 0 Å². The van der Waals surface area contributed by atoms with Gasteiger partial charge in [0, 0.05) is 149 Å². The van der Waals surface area contributed by atoms with E-state index >= 15 is 0 Å². The summed E-state index contributed by atoms with van der Waals surface area (Å²) < 4.78 is 84.2. The highest BCUT2D eigenvalue weighted by Gasteiger charge is 2.73. The van der Waals surface area contributed by atoms with E-state index in [0.717, 1.165) is 186 Å². The highest BCUT2D eigenvalue weighted by molar-refractivity contribution is 7.80. The van der Waals surface area contributed by atoms with E-state index in [2.05, 4.69) is 109 Å². The van der Waals surface area contributed by atoms with Gasteiger partial charge in [0.05, 0.1) is 64.9 Å². The number of thiol groups is 1. The number of carbonyl (C=O) groups is 4. The number of aryl methyl sites for hydroxylation is 2. The van der Waals surface area contributed by atoms with Crippen LogP contribution in [-0.2, 0) is 93.8 Å². The van der Waals surface area contributed by atoms with Crippen molar-refractivity contribution in [3.8, 4) is 0 Å². The summed E-state index contributed by atoms with van der Waals surface area (Å²) in [6.45, 7) is 40.3. The summed E-state index contributed by atoms with van der Waals surface area (Å²) in [5, 5.41) is 28.9. The molecule has 6 heterocycles. The number of carbonyl (C=O) groups excluding carboxylic acids is 4. The summed E-state index contributed by atoms with van der Waals surface area (Å²) in [7, 11) is 0. The number of aromatic nitrogens is 6. The van der Waals surface area contributed by atoms with Gasteiger partial charge >= 0.3 is 23.9 Å². The molecule has 25 nitrogen and oxygen atoms in total. The second kappa shape index (κ2) is 38.8. The molecule has 18 rings (SSSR count). The fourth-order valence-electron chi connectivity index (χ4n) is 31.9. The van der Waals surface area contributed by atoms with Gasteiger partial charge in [-0.3, -0.25) is 28.5 Å². The van der Waals surface area contributed by atoms with Gasteiger partial charge in [0.15, 0.2) is 23.1 Å². The molecule has 26 heteroatoms. The van der Waals surface area contributed by atoms with Crippen molar-refractivity contribution in [2.24, 2.45) is 132 Å². The molecule has 0 unspecified atom stereocenters. The first-order valence-electron chi connectivity index (χ1n) is 50.0. The minimum absolute atomic E-state index is 0.0194. The highest BCUT2D eigenvalue weighted by Crippen LogP contribution is 2.72. The molecule has 712 valence electrons. The quantitative estimate of drug-likeness (QED) is 0.0365. The minimum Gasteiger partial charge on any atom is -0.462 e. The second-order valence-corrected chi connectivity index (χ2v) is 45.3. The molecule has 12 aliphatic carbocycles. The van der Waals surface area contributed by atoms with Crippen LogP contribution in [0.1, 0.15) is 309 Å². The Morgan fingerprint density at radius 3 is 0.913 bits per heavy atom. The van der Waals surface area contributed by atoms with Crippen molar-refractivity contribution >= 4 is 36.5 Å². The number of hydrogen-bond donors (Lipinski definition) is 3. The second-order valence-electron chi connectivity index (χ2n) is 45.0. The zero-order valence-corrected chi connectivity index (χ0v) is 80.5. The first-order valence-corrected chi connectivity index (χ1v) is 50.6. The van der Waals surface area contributed by atoms with Crippen LogP contribution < -0.4 is 0 Å². The minimum atomic E-state index is -0.531. The maximum absolute atomic E-state index is 12.4. The Labute approximate surface area is 758 Å². The van der Waals surface area contributed by atoms with Crippen LogP contribution in [0.25, 0.3) is 0 Å². The van der Waals surface area contributed by atoms with Gasteiger partial charge in [-0.05, 0) is 224 Å². The van der Waals surface area contributed by atoms with Crippen molar-refractivity contribution < 1.29 is 91.0 Å². The Bertz CT molecular complexity index is 3790. The van der Waals surface area contributed by atoms with Crippen LogP contribution >= 0.6 is 12.6 Å². The Kier molecular flexibility index (Phi) is 29.8. The number of aliphatic hydroxyl groups is 2. The molecule has 28 atom stereocenters. The first-order chi connectivity index (χ1) is 60.1. The van der Waals surface area contributed by atoms with Gasteiger partial charge in [-0.15, -0.1) is 0 Å². The number of fused-ring (bicyclic) bond motifs is 8. The van der Waals surface area contributed by atoms with Crippen molar-refractivity contribution in [2.45, 2.75) is 376 Å². The van der Waals surface area contributed by atoms with Crippen molar-refractivity contribution in [2.75, 3.05) is 72.0 Å². The molecule has 126 heavy (non-hydrogen) atoms. The number of aliphatic hydroxyl groups excluding tert-OH is 2. The number of esters is 4. The molecule has 2 aromatic heterocycles. The average Bonchev–Trinajstić information content (AvgIpc) is 1.56. The van der Waals surface area contributed by atoms with Crippen LogP contribution in [0.2, 0.25) is 0 Å². The van der Waals surface area contributed by atoms with Crippen molar-refractivity contribution in [1.82, 2.24) is 29.5 Å². The summed E-state index contributed by atoms with van der Waals surface area (Å²) >= 11 is 4.22. The normalized spacial score (nSPS) is 43.8. The number of ether oxygens (including phenoxy) is 13. The van der Waals surface area contributed by atoms with Crippen LogP contribution in [0, 0.1) is 132 Å². The van der Waals surface area contributed by atoms with Gasteiger partial charge in [0.1, 0.15) is 49.7 Å². The molecule has 0 aromatic carbocycles. The lowest BCUT2D eigenvalue weighted by molar-refractivity contribution is -0.252. The van der Waals surface area contributed by atoms with Gasteiger partial charge in [0.2, 0.25) is 0 Å². The van der Waals surface area contributed by atoms with Gasteiger partial charge in [-0.1, -0.05) is 95.4 Å². The number of hydrogen-bond acceptors (Lipinski definition) is 24. The highest BCUT2D eigenvalue weighted by atomic mass is 32.1. The summed E-state index contributed by atoms with van der Waals surface area (Å²) in [5.74, 6) is 4.32. The van der Waals surface area contributed by atoms with E-state index in [4.69, 9.17) is 61.6 Å². The molecule has 2 N–H and O–H groups in total. The third-order valence-electron chi connectivity index (χ3n) is 39.0. The fourth-order valence-corrected chi connectivity index (χ4v) is 32.0. The molecular weight excluding hydrogens is 1620 g/mol. The Hall–Kier alpha value is -3.93. The number of rotatable bonds is 20. The van der Waals surface area contributed by atoms with E-state index in [0.29, 0.717) is 112 Å². The molecule has 16 aliphatic rings. The van der Waals surface area contributed by atoms with Gasteiger partial charge in [0.25, 0.3) is 0 Å². The fraction of sp³-hybridized carbons (Fsp3) is 0.920. The van der Waals surface area contributed by atoms with Crippen molar-refractivity contribution in [3.63, 3.8) is 0 Å². The van der Waals surface area contributed by atoms with E-state index in [1.165, 1.54) is 58.3 Å². The maximum Gasteiger partial charge on any atom is 0.302 e. The molecule has 0 radical (unpaired) electrons. The predicted molar refractivity (Wildman–Crippen MR) is 476 cm³/mol. The van der Waals surface area contributed by atoms with Gasteiger partial charge in [-0.25, -0.2) is 9.97 Å². The molecule has 4 spiro atoms. The molecule has 4 saturated heterocycles. The van der Waals surface area contributed by atoms with E-state index in [1.54, 1.807) is 39.8 Å². The zero-order chi connectivity index (χ0) is 89.7. The van der Waals surface area contributed by atoms with Crippen LogP contribution in [0.4, 0.5) is 0 Å². The monoisotopic (exact) mass is 1780 g/mol. The molecule has 0 amide bonds. The van der Waals surface area contributed by atoms with E-state index < -0.39 is 23.1 Å². The molecule has 0 bridgehead atoms. The van der Waals surface area contributed by atoms with Crippen LogP contribution in [0.15, 0.2) is 25.3 Å². The van der Waals surface area contributed by atoms with Crippen LogP contribution in [0.5, 0.6) is 0 Å². The van der Waals surface area contributed by atoms with Crippen LogP contribution in [-0.4, -0.2) is 189 Å². The first kappa shape index (κ1) is 96.6. The average molecular weight is 1780 g/mol. The van der Waals surface area contributed by atoms with E-state index in [1.807, 2.05) is 15.7 Å². The Morgan fingerprint density at radius 2 is 0.643 bits per heavy atom. The largest absolute Gasteiger partial charge is 0.462 e. The lowest BCUT2D eigenvalue weighted by Gasteiger charge is -2.57. The standard InChI is InChI=1S/C26H41N3O4.C25H39N3O5.C25H42O5S.C24H40O5/c1-18-5-9-24(3,20(15-18)8-12-29-17-27-16-28-29)21-6-10-25(4)22(23(21)33-19(2)30)7-11-26(25)31-13-14-32-26;1-17(29)33-22-20(5-9-24(3)21(22)6-10-25(24)31-12-13-32-25)23(2)8-4-19(30)14-18(23)7-11-28-16-26-15-27-28;1-17-5-9-23(3,19(15-17)8-12-27-16-31)20-6-10-24(4)21(22(20)30-18(2)26)7-11-25(24)28-13-14-29-25;1-16-5-9-22(3,18(15-16)8-12-25)19-6-10-23(4)20(21(19)29-17(2)26)7-11-24(23)27-13-14-28-24/h16-18,20-23H,5-15H2,1-4H3;15-16,18-22,30H,4-14H2,1-3H3;17,19-22,31H,5-16H2,1-4H3;16,18-21,25H,5-15H2,1-4H3/t18-,20-,21-,22-,23+,24-,25-;18-,19-,20-,21-,22+,23-,24-;17-,19-,20-,21-,22+,23-,24-;16-,18-,19-,20-,21+,22-,23-/m0000/s1. The predicted octanol–water partition coefficient (Wildman–Crippen LogP) is 17.5. The summed E-state index contributed by atoms with van der Waals surface area (Å²) in [5.41, 5.74) is -0.0789. The molecule has 2 aromatic rings. The third-order valence-corrected chi connectivity index (χ3v) is 39.2. The Balaban J connectivity index is 0.000000130. The van der Waals surface area contributed by atoms with Crippen molar-refractivity contribution in [3.05, 3.63) is 25.3 Å². The lowest BCUT2D eigenvalue weighted by Crippen LogP contribution is -2.58. The summed E-state index contributed by atoms with van der Waals surface area (Å²) in [6, 6.07) is 0. The van der Waals surface area contributed by atoms with Crippen molar-refractivity contribution in [1.29, 1.82) is 0 Å². The molecular formula is C100H162N6O19S. The maximum atomic E-state index is 12.4. The zero-order valence-electron chi connectivity index (χ0n) is 79.6. The topological polar surface area (TPSA) is 290 Å². The van der Waals surface area contributed by atoms with E-state index in [9.17, 15) is 29.4 Å². The smallest absolute Gasteiger partial charge is 0.302 e. The molecule has 16 fully saturated rings. The third kappa shape index (κ3) is 17.9. The summed E-state index contributed by atoms with van der Waals surface area (Å²) in [4.78, 5) is 57.3. The molecule has 4 aliphatic heterocycles. The summed E-state index contributed by atoms with van der Waals surface area (Å²) in [6.07, 6.45) is 39.3. The van der Waals surface area contributed by atoms with Gasteiger partial charge < -0.3 is 71.8 Å². The Morgan fingerprint density at radius 1 is 0.373 bits per heavy atom. The number of nitrogens with zero attached hydrogens (tertiary/aromatic N) is 6. The molecule has 12 saturated carbocycles. The van der Waals surface area contributed by atoms with E-state index in [-0.39, 0.29) is 128 Å². The lowest BCUT2D eigenvalue weighted by atomic mass is 9.50.